The molecule has 4 heteroatoms. The van der Waals surface area contributed by atoms with Gasteiger partial charge in [0.2, 0.25) is 0 Å². The predicted octanol–water partition coefficient (Wildman–Crippen LogP) is 4.07. The highest BCUT2D eigenvalue weighted by atomic mass is 79.9. The van der Waals surface area contributed by atoms with Crippen molar-refractivity contribution in [1.29, 1.82) is 0 Å². The Morgan fingerprint density at radius 2 is 2.05 bits per heavy atom. The van der Waals surface area contributed by atoms with Crippen molar-refractivity contribution in [3.63, 3.8) is 0 Å². The molecule has 2 rings (SSSR count). The van der Waals surface area contributed by atoms with Crippen molar-refractivity contribution in [2.75, 3.05) is 14.2 Å². The molecule has 1 N–H and O–H groups in total. The summed E-state index contributed by atoms with van der Waals surface area (Å²) in [5, 5.41) is 3.41. The summed E-state index contributed by atoms with van der Waals surface area (Å²) < 4.78 is 19.8. The van der Waals surface area contributed by atoms with Crippen molar-refractivity contribution < 1.29 is 9.13 Å². The molecule has 1 fully saturated rings. The molecule has 1 aliphatic rings. The molecule has 0 radical (unpaired) electrons. The quantitative estimate of drug-likeness (QED) is 0.870. The molecule has 0 heterocycles. The molecule has 112 valence electrons. The molecule has 20 heavy (non-hydrogen) atoms. The Bertz CT molecular complexity index is 446. The summed E-state index contributed by atoms with van der Waals surface area (Å²) in [5.41, 5.74) is 1.04. The maximum Gasteiger partial charge on any atom is 0.137 e. The molecule has 0 aromatic heterocycles. The Balaban J connectivity index is 2.16. The first-order valence-corrected chi connectivity index (χ1v) is 8.07. The Morgan fingerprint density at radius 3 is 2.60 bits per heavy atom. The van der Waals surface area contributed by atoms with Crippen LogP contribution in [0, 0.1) is 5.82 Å². The third-order valence-electron chi connectivity index (χ3n) is 4.51. The lowest BCUT2D eigenvalue weighted by atomic mass is 9.77. The normalized spacial score (nSPS) is 19.8. The fourth-order valence-electron chi connectivity index (χ4n) is 3.30. The lowest BCUT2D eigenvalue weighted by Gasteiger charge is -2.42. The molecule has 1 atom stereocenters. The molecule has 0 amide bonds. The van der Waals surface area contributed by atoms with Crippen LogP contribution in [0.4, 0.5) is 4.39 Å². The first kappa shape index (κ1) is 15.9. The van der Waals surface area contributed by atoms with Crippen LogP contribution in [0.1, 0.15) is 37.7 Å². The van der Waals surface area contributed by atoms with E-state index in [0.717, 1.165) is 24.8 Å². The van der Waals surface area contributed by atoms with Gasteiger partial charge in [-0.25, -0.2) is 4.39 Å². The van der Waals surface area contributed by atoms with Crippen LogP contribution in [0.25, 0.3) is 0 Å². The van der Waals surface area contributed by atoms with Crippen LogP contribution in [0.3, 0.4) is 0 Å². The summed E-state index contributed by atoms with van der Waals surface area (Å²) in [7, 11) is 3.80. The summed E-state index contributed by atoms with van der Waals surface area (Å²) in [5.74, 6) is -0.214. The molecule has 1 aromatic rings. The summed E-state index contributed by atoms with van der Waals surface area (Å²) in [6.45, 7) is 0. The minimum atomic E-state index is -0.214. The van der Waals surface area contributed by atoms with Crippen molar-refractivity contribution in [2.24, 2.45) is 0 Å². The molecule has 1 saturated carbocycles. The van der Waals surface area contributed by atoms with E-state index in [-0.39, 0.29) is 17.5 Å². The molecule has 2 nitrogen and oxygen atoms in total. The van der Waals surface area contributed by atoms with E-state index in [1.807, 2.05) is 26.3 Å². The Morgan fingerprint density at radius 1 is 1.35 bits per heavy atom. The number of halogens is 2. The summed E-state index contributed by atoms with van der Waals surface area (Å²) in [4.78, 5) is 0. The first-order chi connectivity index (χ1) is 9.61. The minimum Gasteiger partial charge on any atom is -0.377 e. The molecule has 1 aliphatic carbocycles. The number of hydrogen-bond donors (Lipinski definition) is 1. The van der Waals surface area contributed by atoms with Gasteiger partial charge in [0, 0.05) is 13.2 Å². The monoisotopic (exact) mass is 343 g/mol. The number of hydrogen-bond acceptors (Lipinski definition) is 2. The predicted molar refractivity (Wildman–Crippen MR) is 83.5 cm³/mol. The van der Waals surface area contributed by atoms with Gasteiger partial charge in [-0.1, -0.05) is 25.3 Å². The largest absolute Gasteiger partial charge is 0.377 e. The molecule has 0 bridgehead atoms. The van der Waals surface area contributed by atoms with Crippen LogP contribution in [-0.2, 0) is 11.2 Å². The highest BCUT2D eigenvalue weighted by Crippen LogP contribution is 2.35. The second-order valence-corrected chi connectivity index (χ2v) is 6.48. The van der Waals surface area contributed by atoms with Crippen LogP contribution >= 0.6 is 15.9 Å². The van der Waals surface area contributed by atoms with Gasteiger partial charge in [-0.2, -0.15) is 0 Å². The zero-order valence-corrected chi connectivity index (χ0v) is 13.8. The number of likely N-dealkylation sites (N-methyl/N-ethyl adjacent to an activating group) is 1. The van der Waals surface area contributed by atoms with Crippen LogP contribution in [0.15, 0.2) is 22.7 Å². The van der Waals surface area contributed by atoms with Gasteiger partial charge in [-0.3, -0.25) is 0 Å². The van der Waals surface area contributed by atoms with Crippen molar-refractivity contribution in [1.82, 2.24) is 5.32 Å². The van der Waals surface area contributed by atoms with Crippen LogP contribution in [0.5, 0.6) is 0 Å². The fraction of sp³-hybridized carbons (Fsp3) is 0.625. The minimum absolute atomic E-state index is 0.0894. The molecular formula is C16H23BrFNO. The third kappa shape index (κ3) is 3.41. The Kier molecular flexibility index (Phi) is 5.58. The number of nitrogens with one attached hydrogen (secondary N) is 1. The van der Waals surface area contributed by atoms with E-state index >= 15 is 0 Å². The van der Waals surface area contributed by atoms with E-state index in [0.29, 0.717) is 4.47 Å². The average Bonchev–Trinajstić information content (AvgIpc) is 2.49. The van der Waals surface area contributed by atoms with Gasteiger partial charge in [0.25, 0.3) is 0 Å². The van der Waals surface area contributed by atoms with Gasteiger partial charge >= 0.3 is 0 Å². The molecule has 0 spiro atoms. The van der Waals surface area contributed by atoms with E-state index in [1.54, 1.807) is 0 Å². The zero-order chi connectivity index (χ0) is 14.6. The standard InChI is InChI=1S/C16H23BrFNO/c1-19-15(16(20-2)8-4-3-5-9-16)11-12-6-7-14(18)13(17)10-12/h6-7,10,15,19H,3-5,8-9,11H2,1-2H3. The average molecular weight is 344 g/mol. The number of rotatable bonds is 5. The molecule has 1 unspecified atom stereocenters. The first-order valence-electron chi connectivity index (χ1n) is 7.27. The van der Waals surface area contributed by atoms with Crippen molar-refractivity contribution >= 4 is 15.9 Å². The van der Waals surface area contributed by atoms with Crippen molar-refractivity contribution in [2.45, 2.75) is 50.2 Å². The molecular weight excluding hydrogens is 321 g/mol. The maximum atomic E-state index is 13.3. The van der Waals surface area contributed by atoms with Gasteiger partial charge < -0.3 is 10.1 Å². The second kappa shape index (κ2) is 7.01. The Labute approximate surface area is 129 Å². The molecule has 0 saturated heterocycles. The zero-order valence-electron chi connectivity index (χ0n) is 12.2. The van der Waals surface area contributed by atoms with E-state index < -0.39 is 0 Å². The lowest BCUT2D eigenvalue weighted by Crippen LogP contribution is -2.53. The summed E-state index contributed by atoms with van der Waals surface area (Å²) in [6.07, 6.45) is 6.78. The van der Waals surface area contributed by atoms with E-state index in [1.165, 1.54) is 25.3 Å². The summed E-state index contributed by atoms with van der Waals surface area (Å²) >= 11 is 3.26. The van der Waals surface area contributed by atoms with Crippen LogP contribution in [0.2, 0.25) is 0 Å². The maximum absolute atomic E-state index is 13.3. The van der Waals surface area contributed by atoms with Gasteiger partial charge in [0.05, 0.1) is 10.1 Å². The van der Waals surface area contributed by atoms with Gasteiger partial charge in [-0.15, -0.1) is 0 Å². The van der Waals surface area contributed by atoms with E-state index in [4.69, 9.17) is 4.74 Å². The second-order valence-electron chi connectivity index (χ2n) is 5.62. The van der Waals surface area contributed by atoms with E-state index in [2.05, 4.69) is 21.2 Å². The van der Waals surface area contributed by atoms with Gasteiger partial charge in [-0.05, 0) is 59.9 Å². The lowest BCUT2D eigenvalue weighted by molar-refractivity contribution is -0.0657. The highest BCUT2D eigenvalue weighted by Gasteiger charge is 2.39. The summed E-state index contributed by atoms with van der Waals surface area (Å²) in [6, 6.07) is 5.50. The van der Waals surface area contributed by atoms with Crippen LogP contribution in [-0.4, -0.2) is 25.8 Å². The smallest absolute Gasteiger partial charge is 0.137 e. The van der Waals surface area contributed by atoms with Crippen LogP contribution < -0.4 is 5.32 Å². The number of benzene rings is 1. The van der Waals surface area contributed by atoms with Gasteiger partial charge in [0.15, 0.2) is 0 Å². The fourth-order valence-corrected chi connectivity index (χ4v) is 3.72. The van der Waals surface area contributed by atoms with Crippen molar-refractivity contribution in [3.8, 4) is 0 Å². The third-order valence-corrected chi connectivity index (χ3v) is 5.12. The van der Waals surface area contributed by atoms with Gasteiger partial charge in [0.1, 0.15) is 5.82 Å². The van der Waals surface area contributed by atoms with E-state index in [9.17, 15) is 4.39 Å². The Hall–Kier alpha value is -0.450. The number of ether oxygens (including phenoxy) is 1. The van der Waals surface area contributed by atoms with Crippen molar-refractivity contribution in [3.05, 3.63) is 34.1 Å². The number of methoxy groups -OCH3 is 1. The molecule has 0 aliphatic heterocycles. The topological polar surface area (TPSA) is 21.3 Å². The highest BCUT2D eigenvalue weighted by molar-refractivity contribution is 9.10. The molecule has 1 aromatic carbocycles. The SMILES string of the molecule is CNC(Cc1ccc(F)c(Br)c1)C1(OC)CCCCC1.